The SMILES string of the molecule is O=C1Nc2ccccc2C(c2ccccc2)=NC1Nc1nnc(-c2ccc(-n3cccn3)cc2)[nH]1. The lowest BCUT2D eigenvalue weighted by Crippen LogP contribution is -2.33. The van der Waals surface area contributed by atoms with Crippen LogP contribution >= 0.6 is 0 Å². The zero-order valence-corrected chi connectivity index (χ0v) is 18.5. The van der Waals surface area contributed by atoms with Gasteiger partial charge in [0.25, 0.3) is 5.91 Å². The number of hydrogen-bond acceptors (Lipinski definition) is 6. The van der Waals surface area contributed by atoms with Crippen molar-refractivity contribution < 1.29 is 4.79 Å². The summed E-state index contributed by atoms with van der Waals surface area (Å²) < 4.78 is 1.78. The Morgan fingerprint density at radius 1 is 0.829 bits per heavy atom. The summed E-state index contributed by atoms with van der Waals surface area (Å²) in [5, 5.41) is 18.7. The number of nitrogens with one attached hydrogen (secondary N) is 3. The van der Waals surface area contributed by atoms with E-state index in [0.717, 1.165) is 22.4 Å². The third-order valence-corrected chi connectivity index (χ3v) is 5.66. The number of H-pyrrole nitrogens is 1. The fraction of sp³-hybridized carbons (Fsp3) is 0.0385. The van der Waals surface area contributed by atoms with Crippen LogP contribution in [-0.4, -0.2) is 42.7 Å². The van der Waals surface area contributed by atoms with Crippen molar-refractivity contribution in [2.75, 3.05) is 10.6 Å². The molecule has 1 aliphatic heterocycles. The summed E-state index contributed by atoms with van der Waals surface area (Å²) in [5.41, 5.74) is 4.98. The van der Waals surface area contributed by atoms with Crippen molar-refractivity contribution in [3.8, 4) is 17.1 Å². The summed E-state index contributed by atoms with van der Waals surface area (Å²) >= 11 is 0. The van der Waals surface area contributed by atoms with Crippen LogP contribution in [0.5, 0.6) is 0 Å². The molecular formula is C26H20N8O. The zero-order valence-electron chi connectivity index (χ0n) is 18.5. The van der Waals surface area contributed by atoms with Gasteiger partial charge in [-0.25, -0.2) is 9.67 Å². The minimum absolute atomic E-state index is 0.287. The van der Waals surface area contributed by atoms with Crippen LogP contribution in [0.4, 0.5) is 11.6 Å². The third kappa shape index (κ3) is 4.06. The quantitative estimate of drug-likeness (QED) is 0.368. The number of benzene rings is 3. The first kappa shape index (κ1) is 20.5. The van der Waals surface area contributed by atoms with Crippen molar-refractivity contribution in [2.24, 2.45) is 4.99 Å². The largest absolute Gasteiger partial charge is 0.325 e. The number of rotatable bonds is 5. The van der Waals surface area contributed by atoms with Gasteiger partial charge in [0.05, 0.1) is 17.1 Å². The highest BCUT2D eigenvalue weighted by molar-refractivity contribution is 6.19. The number of carbonyl (C=O) groups excluding carboxylic acids is 1. The van der Waals surface area contributed by atoms with Gasteiger partial charge in [-0.15, -0.1) is 10.2 Å². The number of carbonyl (C=O) groups is 1. The molecule has 1 atom stereocenters. The van der Waals surface area contributed by atoms with Gasteiger partial charge in [-0.05, 0) is 36.4 Å². The fourth-order valence-corrected chi connectivity index (χ4v) is 3.96. The molecule has 0 aliphatic carbocycles. The number of nitrogens with zero attached hydrogens (tertiary/aromatic N) is 5. The van der Waals surface area contributed by atoms with E-state index in [9.17, 15) is 4.79 Å². The van der Waals surface area contributed by atoms with E-state index in [4.69, 9.17) is 4.99 Å². The molecule has 0 radical (unpaired) electrons. The molecule has 1 aliphatic rings. The number of amides is 1. The molecule has 0 fully saturated rings. The number of aromatic amines is 1. The number of hydrogen-bond donors (Lipinski definition) is 3. The molecule has 0 bridgehead atoms. The Morgan fingerprint density at radius 3 is 2.43 bits per heavy atom. The fourth-order valence-electron chi connectivity index (χ4n) is 3.96. The molecule has 5 aromatic rings. The van der Waals surface area contributed by atoms with E-state index >= 15 is 0 Å². The van der Waals surface area contributed by atoms with Gasteiger partial charge in [0.1, 0.15) is 0 Å². The molecule has 2 aromatic heterocycles. The smallest absolute Gasteiger partial charge is 0.269 e. The molecule has 0 saturated heterocycles. The van der Waals surface area contributed by atoms with Gasteiger partial charge in [-0.3, -0.25) is 4.79 Å². The lowest BCUT2D eigenvalue weighted by Gasteiger charge is -2.12. The maximum Gasteiger partial charge on any atom is 0.269 e. The molecule has 3 N–H and O–H groups in total. The standard InChI is InChI=1S/C26H20N8O/c35-25-24(29-22(17-7-2-1-3-8-17)20-9-4-5-10-21(20)28-25)31-26-30-23(32-33-26)18-11-13-19(14-12-18)34-16-6-15-27-34/h1-16,24H,(H,28,35)(H2,30,31,32,33). The Labute approximate surface area is 200 Å². The van der Waals surface area contributed by atoms with Crippen molar-refractivity contribution in [1.29, 1.82) is 0 Å². The Bertz CT molecular complexity index is 1500. The van der Waals surface area contributed by atoms with E-state index in [2.05, 4.69) is 30.9 Å². The summed E-state index contributed by atoms with van der Waals surface area (Å²) in [5.74, 6) is 0.632. The maximum absolute atomic E-state index is 13.0. The van der Waals surface area contributed by atoms with Gasteiger partial charge >= 0.3 is 0 Å². The first-order valence-electron chi connectivity index (χ1n) is 11.1. The molecular weight excluding hydrogens is 440 g/mol. The topological polar surface area (TPSA) is 113 Å². The van der Waals surface area contributed by atoms with Gasteiger partial charge in [0.15, 0.2) is 5.82 Å². The molecule has 3 heterocycles. The van der Waals surface area contributed by atoms with Crippen molar-refractivity contribution in [1.82, 2.24) is 25.0 Å². The van der Waals surface area contributed by atoms with Gasteiger partial charge < -0.3 is 15.6 Å². The highest BCUT2D eigenvalue weighted by atomic mass is 16.2. The van der Waals surface area contributed by atoms with Crippen LogP contribution < -0.4 is 10.6 Å². The minimum atomic E-state index is -0.902. The maximum atomic E-state index is 13.0. The van der Waals surface area contributed by atoms with E-state index in [0.29, 0.717) is 23.2 Å². The minimum Gasteiger partial charge on any atom is -0.325 e. The molecule has 6 rings (SSSR count). The van der Waals surface area contributed by atoms with E-state index < -0.39 is 6.17 Å². The number of para-hydroxylation sites is 1. The Balaban J connectivity index is 1.29. The summed E-state index contributed by atoms with van der Waals surface area (Å²) in [6, 6.07) is 27.1. The van der Waals surface area contributed by atoms with Gasteiger partial charge in [-0.2, -0.15) is 5.10 Å². The molecule has 0 saturated carbocycles. The molecule has 0 spiro atoms. The summed E-state index contributed by atoms with van der Waals surface area (Å²) in [7, 11) is 0. The van der Waals surface area contributed by atoms with E-state index in [1.165, 1.54) is 0 Å². The summed E-state index contributed by atoms with van der Waals surface area (Å²) in [4.78, 5) is 21.0. The van der Waals surface area contributed by atoms with E-state index in [1.807, 2.05) is 91.1 Å². The van der Waals surface area contributed by atoms with Gasteiger partial charge in [-0.1, -0.05) is 48.5 Å². The average molecular weight is 461 g/mol. The van der Waals surface area contributed by atoms with Crippen LogP contribution in [0.15, 0.2) is 102 Å². The van der Waals surface area contributed by atoms with Crippen LogP contribution in [0.3, 0.4) is 0 Å². The number of aliphatic imine (C=N–C) groups is 1. The summed E-state index contributed by atoms with van der Waals surface area (Å²) in [6.45, 7) is 0. The Hall–Kier alpha value is -5.05. The Kier molecular flexibility index (Phi) is 5.12. The van der Waals surface area contributed by atoms with Crippen molar-refractivity contribution >= 4 is 23.3 Å². The number of fused-ring (bicyclic) bond motifs is 1. The molecule has 9 heteroatoms. The molecule has 3 aromatic carbocycles. The predicted octanol–water partition coefficient (Wildman–Crippen LogP) is 3.89. The normalized spacial score (nSPS) is 15.0. The number of aromatic nitrogens is 5. The predicted molar refractivity (Wildman–Crippen MR) is 134 cm³/mol. The number of anilines is 2. The van der Waals surface area contributed by atoms with Crippen LogP contribution in [-0.2, 0) is 4.79 Å². The van der Waals surface area contributed by atoms with Gasteiger partial charge in [0, 0.05) is 29.1 Å². The van der Waals surface area contributed by atoms with Crippen molar-refractivity contribution in [3.05, 3.63) is 108 Å². The molecule has 170 valence electrons. The van der Waals surface area contributed by atoms with Crippen molar-refractivity contribution in [2.45, 2.75) is 6.17 Å². The second-order valence-electron chi connectivity index (χ2n) is 7.95. The first-order chi connectivity index (χ1) is 17.2. The van der Waals surface area contributed by atoms with Crippen LogP contribution in [0.1, 0.15) is 11.1 Å². The van der Waals surface area contributed by atoms with Gasteiger partial charge in [0.2, 0.25) is 12.1 Å². The van der Waals surface area contributed by atoms with Crippen LogP contribution in [0, 0.1) is 0 Å². The second-order valence-corrected chi connectivity index (χ2v) is 7.95. The lowest BCUT2D eigenvalue weighted by molar-refractivity contribution is -0.116. The summed E-state index contributed by atoms with van der Waals surface area (Å²) in [6.07, 6.45) is 2.71. The van der Waals surface area contributed by atoms with Crippen molar-refractivity contribution in [3.63, 3.8) is 0 Å². The van der Waals surface area contributed by atoms with E-state index in [-0.39, 0.29) is 5.91 Å². The van der Waals surface area contributed by atoms with Crippen LogP contribution in [0.25, 0.3) is 17.1 Å². The zero-order chi connectivity index (χ0) is 23.6. The average Bonchev–Trinajstić information content (AvgIpc) is 3.58. The molecule has 1 amide bonds. The first-order valence-corrected chi connectivity index (χ1v) is 11.1. The molecule has 9 nitrogen and oxygen atoms in total. The molecule has 1 unspecified atom stereocenters. The third-order valence-electron chi connectivity index (χ3n) is 5.66. The van der Waals surface area contributed by atoms with E-state index in [1.54, 1.807) is 10.9 Å². The number of benzodiazepines with no additional fused rings is 1. The van der Waals surface area contributed by atoms with Crippen LogP contribution in [0.2, 0.25) is 0 Å². The second kappa shape index (κ2) is 8.71. The lowest BCUT2D eigenvalue weighted by atomic mass is 10.0. The molecule has 35 heavy (non-hydrogen) atoms. The monoisotopic (exact) mass is 460 g/mol. The highest BCUT2D eigenvalue weighted by Gasteiger charge is 2.26. The highest BCUT2D eigenvalue weighted by Crippen LogP contribution is 2.25. The Morgan fingerprint density at radius 2 is 1.63 bits per heavy atom.